The molecule has 0 aliphatic carbocycles. The van der Waals surface area contributed by atoms with Gasteiger partial charge in [-0.15, -0.1) is 0 Å². The van der Waals surface area contributed by atoms with Crippen LogP contribution in [0.1, 0.15) is 6.92 Å². The van der Waals surface area contributed by atoms with E-state index in [0.717, 1.165) is 3.92 Å². The van der Waals surface area contributed by atoms with Crippen molar-refractivity contribution in [3.8, 4) is 0 Å². The van der Waals surface area contributed by atoms with Gasteiger partial charge in [0, 0.05) is 10.5 Å². The van der Waals surface area contributed by atoms with E-state index in [2.05, 4.69) is 48.5 Å². The summed E-state index contributed by atoms with van der Waals surface area (Å²) in [5.74, 6) is 0. The quantitative estimate of drug-likeness (QED) is 0.494. The number of alkyl halides is 1. The largest absolute Gasteiger partial charge is 0.308 e. The molecule has 0 fully saturated rings. The van der Waals surface area contributed by atoms with Gasteiger partial charge in [0.25, 0.3) is 0 Å². The lowest BCUT2D eigenvalue weighted by molar-refractivity contribution is 0.418. The van der Waals surface area contributed by atoms with E-state index in [1.54, 1.807) is 0 Å². The second-order valence-corrected chi connectivity index (χ2v) is 4.17. The highest BCUT2D eigenvalue weighted by Crippen LogP contribution is 1.97. The summed E-state index contributed by atoms with van der Waals surface area (Å²) in [4.78, 5) is 2.19. The van der Waals surface area contributed by atoms with Gasteiger partial charge in [-0.3, -0.25) is 0 Å². The third-order valence-electron chi connectivity index (χ3n) is 0.617. The normalized spacial score (nSPS) is 15.0. The minimum atomic E-state index is 0.771. The molecule has 0 aromatic carbocycles. The van der Waals surface area contributed by atoms with Crippen LogP contribution in [0.4, 0.5) is 0 Å². The third kappa shape index (κ3) is 6.69. The molecule has 0 heterocycles. The average Bonchev–Trinajstić information content (AvgIpc) is 1.27. The molecule has 0 bridgehead atoms. The Bertz CT molecular complexity index is 37.3. The predicted octanol–water partition coefficient (Wildman–Crippen LogP) is 1.37. The molecule has 0 N–H and O–H groups in total. The lowest BCUT2D eigenvalue weighted by atomic mass is 10.5. The number of hydrogen-bond donors (Lipinski definition) is 0. The van der Waals surface area contributed by atoms with Gasteiger partial charge in [0.05, 0.1) is 0 Å². The molecule has 1 atom stereocenters. The van der Waals surface area contributed by atoms with E-state index < -0.39 is 0 Å². The minimum Gasteiger partial charge on any atom is -0.308 e. The molecule has 0 spiro atoms. The smallest absolute Gasteiger partial charge is 0.0208 e. The Morgan fingerprint density at radius 2 is 2.00 bits per heavy atom. The van der Waals surface area contributed by atoms with Crippen LogP contribution in [-0.2, 0) is 0 Å². The average molecular weight is 213 g/mol. The Labute approximate surface area is 59.2 Å². The van der Waals surface area contributed by atoms with Gasteiger partial charge in [-0.2, -0.15) is 0 Å². The summed E-state index contributed by atoms with van der Waals surface area (Å²) < 4.78 is 0.771. The van der Waals surface area contributed by atoms with Gasteiger partial charge in [0.15, 0.2) is 0 Å². The predicted molar refractivity (Wildman–Crippen MR) is 42.0 cm³/mol. The Balaban J connectivity index is 2.95. The van der Waals surface area contributed by atoms with Crippen molar-refractivity contribution in [1.29, 1.82) is 0 Å². The molecule has 0 aliphatic heterocycles. The second-order valence-electron chi connectivity index (χ2n) is 2.04. The van der Waals surface area contributed by atoms with Crippen LogP contribution < -0.4 is 0 Å². The van der Waals surface area contributed by atoms with Gasteiger partial charge in [-0.1, -0.05) is 29.5 Å². The summed E-state index contributed by atoms with van der Waals surface area (Å²) in [5.41, 5.74) is 0. The van der Waals surface area contributed by atoms with E-state index in [1.807, 2.05) is 0 Å². The summed E-state index contributed by atoms with van der Waals surface area (Å²) in [6.07, 6.45) is 0. The molecule has 0 radical (unpaired) electrons. The van der Waals surface area contributed by atoms with E-state index >= 15 is 0 Å². The minimum absolute atomic E-state index is 0.771. The molecule has 2 heteroatoms. The van der Waals surface area contributed by atoms with Crippen LogP contribution in [0.15, 0.2) is 0 Å². The first-order valence-corrected chi connectivity index (χ1v) is 3.66. The fourth-order valence-electron chi connectivity index (χ4n) is 0.503. The van der Waals surface area contributed by atoms with Gasteiger partial charge >= 0.3 is 0 Å². The van der Waals surface area contributed by atoms with Crippen molar-refractivity contribution in [2.75, 3.05) is 20.6 Å². The van der Waals surface area contributed by atoms with E-state index in [-0.39, 0.29) is 0 Å². The summed E-state index contributed by atoms with van der Waals surface area (Å²) in [6.45, 7) is 3.39. The number of nitrogens with zero attached hydrogens (tertiary/aromatic N) is 1. The highest BCUT2D eigenvalue weighted by molar-refractivity contribution is 14.1. The first-order valence-electron chi connectivity index (χ1n) is 2.41. The monoisotopic (exact) mass is 213 g/mol. The van der Waals surface area contributed by atoms with Gasteiger partial charge in [0.2, 0.25) is 0 Å². The lowest BCUT2D eigenvalue weighted by Gasteiger charge is -2.09. The molecular formula is C5H12IN. The zero-order chi connectivity index (χ0) is 5.86. The second kappa shape index (κ2) is 3.66. The first-order chi connectivity index (χ1) is 3.13. The molecule has 44 valence electrons. The molecule has 0 saturated carbocycles. The van der Waals surface area contributed by atoms with Gasteiger partial charge in [-0.05, 0) is 14.1 Å². The molecule has 0 aromatic heterocycles. The highest BCUT2D eigenvalue weighted by Gasteiger charge is 1.94. The van der Waals surface area contributed by atoms with Crippen molar-refractivity contribution < 1.29 is 0 Å². The van der Waals surface area contributed by atoms with Gasteiger partial charge in [0.1, 0.15) is 0 Å². The molecule has 0 aromatic rings. The molecule has 1 nitrogen and oxygen atoms in total. The number of rotatable bonds is 2. The van der Waals surface area contributed by atoms with Crippen LogP contribution in [0.5, 0.6) is 0 Å². The Morgan fingerprint density at radius 3 is 2.00 bits per heavy atom. The standard InChI is InChI=1S/C5H12IN/c1-5(6)4-7(2)3/h5H,4H2,1-3H3/t5-/m1/s1. The van der Waals surface area contributed by atoms with Crippen molar-refractivity contribution in [1.82, 2.24) is 4.90 Å². The summed E-state index contributed by atoms with van der Waals surface area (Å²) in [5, 5.41) is 0. The van der Waals surface area contributed by atoms with Crippen LogP contribution >= 0.6 is 22.6 Å². The summed E-state index contributed by atoms with van der Waals surface area (Å²) >= 11 is 2.42. The lowest BCUT2D eigenvalue weighted by Crippen LogP contribution is -2.18. The maximum absolute atomic E-state index is 2.42. The highest BCUT2D eigenvalue weighted by atomic mass is 127. The third-order valence-corrected chi connectivity index (χ3v) is 1.01. The van der Waals surface area contributed by atoms with Crippen molar-refractivity contribution in [3.05, 3.63) is 0 Å². The Hall–Kier alpha value is 0.690. The SMILES string of the molecule is C[C@@H](I)CN(C)C. The Kier molecular flexibility index (Phi) is 4.02. The molecule has 0 saturated heterocycles. The molecule has 0 rings (SSSR count). The zero-order valence-electron chi connectivity index (χ0n) is 5.11. The van der Waals surface area contributed by atoms with Gasteiger partial charge < -0.3 is 4.90 Å². The maximum atomic E-state index is 2.42. The molecule has 0 amide bonds. The van der Waals surface area contributed by atoms with Crippen LogP contribution in [0.3, 0.4) is 0 Å². The molecule has 0 unspecified atom stereocenters. The van der Waals surface area contributed by atoms with Crippen LogP contribution in [-0.4, -0.2) is 29.5 Å². The fraction of sp³-hybridized carbons (Fsp3) is 1.00. The maximum Gasteiger partial charge on any atom is 0.0208 e. The summed E-state index contributed by atoms with van der Waals surface area (Å²) in [7, 11) is 4.18. The topological polar surface area (TPSA) is 3.24 Å². The fourth-order valence-corrected chi connectivity index (χ4v) is 1.29. The van der Waals surface area contributed by atoms with Crippen LogP contribution in [0, 0.1) is 0 Å². The molecule has 7 heavy (non-hydrogen) atoms. The van der Waals surface area contributed by atoms with Crippen molar-refractivity contribution >= 4 is 22.6 Å². The molecule has 0 aliphatic rings. The Morgan fingerprint density at radius 1 is 1.57 bits per heavy atom. The van der Waals surface area contributed by atoms with E-state index in [1.165, 1.54) is 6.54 Å². The number of halogens is 1. The van der Waals surface area contributed by atoms with Crippen molar-refractivity contribution in [2.24, 2.45) is 0 Å². The van der Waals surface area contributed by atoms with E-state index in [0.29, 0.717) is 0 Å². The van der Waals surface area contributed by atoms with E-state index in [4.69, 9.17) is 0 Å². The van der Waals surface area contributed by atoms with Gasteiger partial charge in [-0.25, -0.2) is 0 Å². The molecular weight excluding hydrogens is 201 g/mol. The van der Waals surface area contributed by atoms with E-state index in [9.17, 15) is 0 Å². The summed E-state index contributed by atoms with van der Waals surface area (Å²) in [6, 6.07) is 0. The van der Waals surface area contributed by atoms with Crippen molar-refractivity contribution in [2.45, 2.75) is 10.8 Å². The van der Waals surface area contributed by atoms with Crippen LogP contribution in [0.25, 0.3) is 0 Å². The first kappa shape index (κ1) is 7.69. The zero-order valence-corrected chi connectivity index (χ0v) is 7.27. The van der Waals surface area contributed by atoms with Crippen LogP contribution in [0.2, 0.25) is 0 Å². The number of hydrogen-bond acceptors (Lipinski definition) is 1. The van der Waals surface area contributed by atoms with Crippen molar-refractivity contribution in [3.63, 3.8) is 0 Å².